The Morgan fingerprint density at radius 3 is 2.54 bits per heavy atom. The molecule has 0 fully saturated rings. The maximum Gasteiger partial charge on any atom is 0.294 e. The molecule has 1 heterocycles. The van der Waals surface area contributed by atoms with Crippen LogP contribution >= 0.6 is 0 Å². The summed E-state index contributed by atoms with van der Waals surface area (Å²) in [6, 6.07) is 5.49. The van der Waals surface area contributed by atoms with E-state index in [2.05, 4.69) is 0 Å². The molecule has 0 saturated carbocycles. The molecule has 2 aromatic rings. The van der Waals surface area contributed by atoms with Gasteiger partial charge in [0.25, 0.3) is 5.95 Å². The Labute approximate surface area is 139 Å². The molecule has 0 aliphatic heterocycles. The number of hydrogen-bond donors (Lipinski definition) is 1. The lowest BCUT2D eigenvalue weighted by atomic mass is 9.81. The van der Waals surface area contributed by atoms with Crippen LogP contribution in [0.2, 0.25) is 0 Å². The number of fused-ring (bicyclic) bond motifs is 1. The third kappa shape index (κ3) is 2.54. The number of furan rings is 1. The Balaban J connectivity index is 1.98. The van der Waals surface area contributed by atoms with Gasteiger partial charge in [0.1, 0.15) is 11.3 Å². The lowest BCUT2D eigenvalue weighted by Crippen LogP contribution is -2.19. The molecule has 0 saturated heterocycles. The van der Waals surface area contributed by atoms with Crippen molar-refractivity contribution in [2.45, 2.75) is 25.7 Å². The van der Waals surface area contributed by atoms with Gasteiger partial charge >= 0.3 is 0 Å². The highest BCUT2D eigenvalue weighted by molar-refractivity contribution is 6.10. The molecule has 1 atom stereocenters. The molecular formula is C18H18O6. The SMILES string of the molecule is COc1ccc(C2CC(=O)c3c(oc(O)c3C(C)=O)C2)cc1OC. The van der Waals surface area contributed by atoms with E-state index < -0.39 is 5.95 Å². The van der Waals surface area contributed by atoms with Crippen LogP contribution in [0.1, 0.15) is 51.3 Å². The predicted octanol–water partition coefficient (Wildman–Crippen LogP) is 3.12. The molecule has 0 bridgehead atoms. The van der Waals surface area contributed by atoms with Crippen LogP contribution in [0.25, 0.3) is 0 Å². The molecule has 126 valence electrons. The molecule has 24 heavy (non-hydrogen) atoms. The van der Waals surface area contributed by atoms with Crippen molar-refractivity contribution in [3.8, 4) is 17.4 Å². The topological polar surface area (TPSA) is 86.0 Å². The zero-order chi connectivity index (χ0) is 17.4. The van der Waals surface area contributed by atoms with E-state index in [4.69, 9.17) is 13.9 Å². The maximum atomic E-state index is 12.5. The number of ketones is 2. The van der Waals surface area contributed by atoms with Crippen LogP contribution in [-0.4, -0.2) is 30.9 Å². The maximum absolute atomic E-state index is 12.5. The number of carbonyl (C=O) groups excluding carboxylic acids is 2. The number of Topliss-reactive ketones (excluding diaryl/α,β-unsaturated/α-hetero) is 2. The average molecular weight is 330 g/mol. The Bertz CT molecular complexity index is 817. The Morgan fingerprint density at radius 1 is 1.21 bits per heavy atom. The van der Waals surface area contributed by atoms with Crippen LogP contribution in [0.15, 0.2) is 22.6 Å². The number of ether oxygens (including phenoxy) is 2. The summed E-state index contributed by atoms with van der Waals surface area (Å²) in [6.45, 7) is 1.30. The average Bonchev–Trinajstić information content (AvgIpc) is 2.90. The fourth-order valence-corrected chi connectivity index (χ4v) is 3.19. The predicted molar refractivity (Wildman–Crippen MR) is 85.3 cm³/mol. The van der Waals surface area contributed by atoms with Gasteiger partial charge in [-0.05, 0) is 30.5 Å². The summed E-state index contributed by atoms with van der Waals surface area (Å²) in [6.07, 6.45) is 0.666. The van der Waals surface area contributed by atoms with Crippen molar-refractivity contribution >= 4 is 11.6 Å². The Kier molecular flexibility index (Phi) is 4.05. The van der Waals surface area contributed by atoms with E-state index in [1.165, 1.54) is 6.92 Å². The van der Waals surface area contributed by atoms with Crippen LogP contribution in [-0.2, 0) is 6.42 Å². The standard InChI is InChI=1S/C18H18O6/c1-9(19)16-17-12(20)6-11(8-15(17)24-18(16)21)10-4-5-13(22-2)14(7-10)23-3/h4-5,7,11,21H,6,8H2,1-3H3. The van der Waals surface area contributed by atoms with Gasteiger partial charge in [-0.3, -0.25) is 9.59 Å². The van der Waals surface area contributed by atoms with Crippen molar-refractivity contribution in [1.82, 2.24) is 0 Å². The second-order valence-electron chi connectivity index (χ2n) is 5.78. The molecule has 1 unspecified atom stereocenters. The van der Waals surface area contributed by atoms with E-state index >= 15 is 0 Å². The molecule has 0 radical (unpaired) electrons. The number of rotatable bonds is 4. The number of aromatic hydroxyl groups is 1. The van der Waals surface area contributed by atoms with Gasteiger partial charge in [0.05, 0.1) is 19.8 Å². The summed E-state index contributed by atoms with van der Waals surface area (Å²) in [5.74, 6) is 0.372. The summed E-state index contributed by atoms with van der Waals surface area (Å²) in [7, 11) is 3.11. The zero-order valence-corrected chi connectivity index (χ0v) is 13.7. The number of methoxy groups -OCH3 is 2. The molecule has 1 aromatic heterocycles. The number of hydrogen-bond acceptors (Lipinski definition) is 6. The van der Waals surface area contributed by atoms with Gasteiger partial charge in [-0.15, -0.1) is 0 Å². The minimum absolute atomic E-state index is 0.0132. The van der Waals surface area contributed by atoms with Crippen molar-refractivity contribution in [3.05, 3.63) is 40.6 Å². The van der Waals surface area contributed by atoms with Crippen LogP contribution in [0, 0.1) is 0 Å². The van der Waals surface area contributed by atoms with E-state index in [9.17, 15) is 14.7 Å². The van der Waals surface area contributed by atoms with Crippen LogP contribution in [0.3, 0.4) is 0 Å². The van der Waals surface area contributed by atoms with Gasteiger partial charge in [-0.2, -0.15) is 0 Å². The van der Waals surface area contributed by atoms with Crippen molar-refractivity contribution in [2.24, 2.45) is 0 Å². The van der Waals surface area contributed by atoms with Crippen LogP contribution in [0.4, 0.5) is 0 Å². The first-order valence-corrected chi connectivity index (χ1v) is 7.57. The summed E-state index contributed by atoms with van der Waals surface area (Å²) < 4.78 is 15.8. The van der Waals surface area contributed by atoms with Crippen LogP contribution < -0.4 is 9.47 Å². The van der Waals surface area contributed by atoms with Crippen molar-refractivity contribution in [1.29, 1.82) is 0 Å². The summed E-state index contributed by atoms with van der Waals surface area (Å²) in [5, 5.41) is 9.82. The first-order chi connectivity index (χ1) is 11.5. The van der Waals surface area contributed by atoms with E-state index in [0.717, 1.165) is 5.56 Å². The van der Waals surface area contributed by atoms with Gasteiger partial charge in [0, 0.05) is 12.8 Å². The molecule has 1 aromatic carbocycles. The van der Waals surface area contributed by atoms with E-state index in [0.29, 0.717) is 23.7 Å². The molecule has 0 amide bonds. The van der Waals surface area contributed by atoms with Crippen LogP contribution in [0.5, 0.6) is 17.4 Å². The lowest BCUT2D eigenvalue weighted by Gasteiger charge is -2.21. The van der Waals surface area contributed by atoms with Gasteiger partial charge in [-0.25, -0.2) is 0 Å². The highest BCUT2D eigenvalue weighted by Gasteiger charge is 2.35. The Hall–Kier alpha value is -2.76. The first-order valence-electron chi connectivity index (χ1n) is 7.57. The van der Waals surface area contributed by atoms with E-state index in [1.54, 1.807) is 20.3 Å². The largest absolute Gasteiger partial charge is 0.493 e. The molecule has 0 spiro atoms. The van der Waals surface area contributed by atoms with Gasteiger partial charge in [0.2, 0.25) is 0 Å². The van der Waals surface area contributed by atoms with Gasteiger partial charge in [-0.1, -0.05) is 6.07 Å². The monoisotopic (exact) mass is 330 g/mol. The van der Waals surface area contributed by atoms with Crippen molar-refractivity contribution < 1.29 is 28.6 Å². The second-order valence-corrected chi connectivity index (χ2v) is 5.78. The summed E-state index contributed by atoms with van der Waals surface area (Å²) >= 11 is 0. The molecule has 6 nitrogen and oxygen atoms in total. The fraction of sp³-hybridized carbons (Fsp3) is 0.333. The molecule has 1 aliphatic rings. The smallest absolute Gasteiger partial charge is 0.294 e. The minimum Gasteiger partial charge on any atom is -0.493 e. The highest BCUT2D eigenvalue weighted by Crippen LogP contribution is 2.41. The third-order valence-corrected chi connectivity index (χ3v) is 4.34. The van der Waals surface area contributed by atoms with Crippen molar-refractivity contribution in [2.75, 3.05) is 14.2 Å². The highest BCUT2D eigenvalue weighted by atomic mass is 16.5. The first kappa shape index (κ1) is 16.1. The molecule has 6 heteroatoms. The molecular weight excluding hydrogens is 312 g/mol. The van der Waals surface area contributed by atoms with E-state index in [1.807, 2.05) is 12.1 Å². The number of carbonyl (C=O) groups is 2. The van der Waals surface area contributed by atoms with E-state index in [-0.39, 0.29) is 35.0 Å². The molecule has 1 N–H and O–H groups in total. The fourth-order valence-electron chi connectivity index (χ4n) is 3.19. The molecule has 3 rings (SSSR count). The van der Waals surface area contributed by atoms with Crippen molar-refractivity contribution in [3.63, 3.8) is 0 Å². The lowest BCUT2D eigenvalue weighted by molar-refractivity contribution is 0.0945. The quantitative estimate of drug-likeness (QED) is 0.867. The van der Waals surface area contributed by atoms with Gasteiger partial charge < -0.3 is 19.0 Å². The third-order valence-electron chi connectivity index (χ3n) is 4.34. The second kappa shape index (κ2) is 6.03. The Morgan fingerprint density at radius 2 is 1.92 bits per heavy atom. The minimum atomic E-state index is -0.478. The zero-order valence-electron chi connectivity index (χ0n) is 13.7. The summed E-state index contributed by atoms with van der Waals surface area (Å²) in [5.41, 5.74) is 1.12. The molecule has 1 aliphatic carbocycles. The van der Waals surface area contributed by atoms with Gasteiger partial charge in [0.15, 0.2) is 23.1 Å². The normalized spacial score (nSPS) is 16.6. The summed E-state index contributed by atoms with van der Waals surface area (Å²) in [4.78, 5) is 24.2. The number of benzene rings is 1.